The van der Waals surface area contributed by atoms with Crippen LogP contribution in [0.1, 0.15) is 51.7 Å². The number of benzene rings is 2. The van der Waals surface area contributed by atoms with Crippen LogP contribution in [0.5, 0.6) is 5.75 Å². The topological polar surface area (TPSA) is 47.6 Å². The number of rotatable bonds is 6. The molecule has 3 rings (SSSR count). The van der Waals surface area contributed by atoms with E-state index in [-0.39, 0.29) is 16.7 Å². The molecule has 1 amide bonds. The molecule has 0 spiro atoms. The van der Waals surface area contributed by atoms with Gasteiger partial charge in [-0.3, -0.25) is 4.79 Å². The predicted molar refractivity (Wildman–Crippen MR) is 116 cm³/mol. The van der Waals surface area contributed by atoms with E-state index in [1.165, 1.54) is 11.1 Å². The number of carbonyl (C=O) groups excluding carboxylic acids is 1. The highest BCUT2D eigenvalue weighted by Gasteiger charge is 2.35. The van der Waals surface area contributed by atoms with Crippen LogP contribution in [0.3, 0.4) is 0 Å². The molecule has 0 aromatic heterocycles. The Morgan fingerprint density at radius 2 is 1.69 bits per heavy atom. The molecule has 0 bridgehead atoms. The summed E-state index contributed by atoms with van der Waals surface area (Å²) in [4.78, 5) is 12.7. The summed E-state index contributed by atoms with van der Waals surface area (Å²) < 4.78 is 11.5. The van der Waals surface area contributed by atoms with Crippen LogP contribution in [-0.4, -0.2) is 31.8 Å². The molecule has 1 saturated heterocycles. The fraction of sp³-hybridized carbons (Fsp3) is 0.480. The number of carbonyl (C=O) groups is 1. The second-order valence-electron chi connectivity index (χ2n) is 9.01. The highest BCUT2D eigenvalue weighted by molar-refractivity contribution is 5.80. The smallest absolute Gasteiger partial charge is 0.260 e. The second-order valence-corrected chi connectivity index (χ2v) is 9.01. The van der Waals surface area contributed by atoms with Crippen molar-refractivity contribution in [2.75, 3.05) is 19.8 Å². The Bertz CT molecular complexity index is 787. The first-order chi connectivity index (χ1) is 13.8. The first-order valence-corrected chi connectivity index (χ1v) is 10.5. The van der Waals surface area contributed by atoms with E-state index in [0.717, 1.165) is 26.1 Å². The molecule has 1 fully saturated rings. The quantitative estimate of drug-likeness (QED) is 0.777. The van der Waals surface area contributed by atoms with Gasteiger partial charge in [0.15, 0.2) is 6.10 Å². The summed E-state index contributed by atoms with van der Waals surface area (Å²) in [6.07, 6.45) is 1.25. The van der Waals surface area contributed by atoms with E-state index in [2.05, 4.69) is 62.5 Å². The largest absolute Gasteiger partial charge is 0.481 e. The van der Waals surface area contributed by atoms with Crippen molar-refractivity contribution in [2.45, 2.75) is 57.5 Å². The molecule has 1 heterocycles. The molecule has 1 unspecified atom stereocenters. The summed E-state index contributed by atoms with van der Waals surface area (Å²) in [6, 6.07) is 18.4. The molecule has 1 N–H and O–H groups in total. The molecule has 1 aliphatic rings. The molecule has 156 valence electrons. The Morgan fingerprint density at radius 1 is 1.07 bits per heavy atom. The summed E-state index contributed by atoms with van der Waals surface area (Å²) in [6.45, 7) is 10.4. The fourth-order valence-electron chi connectivity index (χ4n) is 3.81. The van der Waals surface area contributed by atoms with Gasteiger partial charge in [-0.15, -0.1) is 0 Å². The van der Waals surface area contributed by atoms with Crippen molar-refractivity contribution in [3.63, 3.8) is 0 Å². The zero-order valence-corrected chi connectivity index (χ0v) is 18.0. The maximum atomic E-state index is 12.7. The monoisotopic (exact) mass is 395 g/mol. The van der Waals surface area contributed by atoms with Crippen molar-refractivity contribution in [2.24, 2.45) is 0 Å². The third-order valence-corrected chi connectivity index (χ3v) is 5.84. The number of amides is 1. The van der Waals surface area contributed by atoms with Crippen LogP contribution in [0.15, 0.2) is 54.6 Å². The van der Waals surface area contributed by atoms with Crippen LogP contribution < -0.4 is 10.1 Å². The molecular formula is C25H33NO3. The third-order valence-electron chi connectivity index (χ3n) is 5.84. The predicted octanol–water partition coefficient (Wildman–Crippen LogP) is 4.62. The van der Waals surface area contributed by atoms with Crippen LogP contribution in [0.4, 0.5) is 0 Å². The average molecular weight is 396 g/mol. The lowest BCUT2D eigenvalue weighted by atomic mass is 9.74. The lowest BCUT2D eigenvalue weighted by Gasteiger charge is -2.38. The first-order valence-electron chi connectivity index (χ1n) is 10.5. The number of nitrogens with one attached hydrogen (secondary N) is 1. The van der Waals surface area contributed by atoms with Crippen LogP contribution in [0.2, 0.25) is 0 Å². The lowest BCUT2D eigenvalue weighted by molar-refractivity contribution is -0.127. The first kappa shape index (κ1) is 21.4. The van der Waals surface area contributed by atoms with Gasteiger partial charge in [0.2, 0.25) is 0 Å². The SMILES string of the molecule is CC(Oc1ccc(C(C)(C)C)cc1)C(=O)NCC1(c2ccccc2)CCOCC1. The molecule has 4 nitrogen and oxygen atoms in total. The summed E-state index contributed by atoms with van der Waals surface area (Å²) >= 11 is 0. The maximum absolute atomic E-state index is 12.7. The molecule has 1 aliphatic heterocycles. The molecule has 2 aromatic rings. The summed E-state index contributed by atoms with van der Waals surface area (Å²) in [7, 11) is 0. The molecule has 0 saturated carbocycles. The minimum atomic E-state index is -0.553. The van der Waals surface area contributed by atoms with Gasteiger partial charge in [-0.25, -0.2) is 0 Å². The van der Waals surface area contributed by atoms with Crippen molar-refractivity contribution in [3.05, 3.63) is 65.7 Å². The van der Waals surface area contributed by atoms with Crippen LogP contribution in [0.25, 0.3) is 0 Å². The fourth-order valence-corrected chi connectivity index (χ4v) is 3.81. The van der Waals surface area contributed by atoms with Crippen molar-refractivity contribution < 1.29 is 14.3 Å². The van der Waals surface area contributed by atoms with Gasteiger partial charge in [-0.1, -0.05) is 63.2 Å². The highest BCUT2D eigenvalue weighted by Crippen LogP contribution is 2.34. The Morgan fingerprint density at radius 3 is 2.28 bits per heavy atom. The summed E-state index contributed by atoms with van der Waals surface area (Å²) in [5, 5.41) is 3.13. The van der Waals surface area contributed by atoms with E-state index in [1.807, 2.05) is 18.2 Å². The molecule has 2 aromatic carbocycles. The Hall–Kier alpha value is -2.33. The van der Waals surface area contributed by atoms with E-state index in [4.69, 9.17) is 9.47 Å². The van der Waals surface area contributed by atoms with Gasteiger partial charge in [-0.05, 0) is 48.4 Å². The Labute approximate surface area is 174 Å². The lowest BCUT2D eigenvalue weighted by Crippen LogP contribution is -2.47. The molecule has 0 radical (unpaired) electrons. The van der Waals surface area contributed by atoms with Crippen LogP contribution in [0, 0.1) is 0 Å². The van der Waals surface area contributed by atoms with E-state index < -0.39 is 6.10 Å². The van der Waals surface area contributed by atoms with Crippen LogP contribution in [-0.2, 0) is 20.4 Å². The van der Waals surface area contributed by atoms with E-state index in [1.54, 1.807) is 6.92 Å². The van der Waals surface area contributed by atoms with E-state index >= 15 is 0 Å². The van der Waals surface area contributed by atoms with E-state index in [0.29, 0.717) is 12.3 Å². The van der Waals surface area contributed by atoms with Gasteiger partial charge in [0.1, 0.15) is 5.75 Å². The van der Waals surface area contributed by atoms with E-state index in [9.17, 15) is 4.79 Å². The highest BCUT2D eigenvalue weighted by atomic mass is 16.5. The number of hydrogen-bond acceptors (Lipinski definition) is 3. The normalized spacial score (nSPS) is 17.4. The van der Waals surface area contributed by atoms with Crippen molar-refractivity contribution in [1.82, 2.24) is 5.32 Å². The molecule has 1 atom stereocenters. The summed E-state index contributed by atoms with van der Waals surface area (Å²) in [5.74, 6) is 0.621. The number of ether oxygens (including phenoxy) is 2. The van der Waals surface area contributed by atoms with Gasteiger partial charge in [0.25, 0.3) is 5.91 Å². The summed E-state index contributed by atoms with van der Waals surface area (Å²) in [5.41, 5.74) is 2.52. The van der Waals surface area contributed by atoms with Gasteiger partial charge >= 0.3 is 0 Å². The molecular weight excluding hydrogens is 362 g/mol. The van der Waals surface area contributed by atoms with Gasteiger partial charge in [-0.2, -0.15) is 0 Å². The minimum absolute atomic E-state index is 0.0801. The molecule has 4 heteroatoms. The Balaban J connectivity index is 1.61. The van der Waals surface area contributed by atoms with Crippen molar-refractivity contribution in [3.8, 4) is 5.75 Å². The zero-order chi connectivity index (χ0) is 20.9. The van der Waals surface area contributed by atoms with Crippen molar-refractivity contribution in [1.29, 1.82) is 0 Å². The van der Waals surface area contributed by atoms with Gasteiger partial charge in [0, 0.05) is 25.2 Å². The molecule has 29 heavy (non-hydrogen) atoms. The standard InChI is InChI=1S/C25H33NO3/c1-19(29-22-12-10-20(11-13-22)24(2,3)4)23(27)26-18-25(14-16-28-17-15-25)21-8-6-5-7-9-21/h5-13,19H,14-18H2,1-4H3,(H,26,27). The number of hydrogen-bond donors (Lipinski definition) is 1. The third kappa shape index (κ3) is 5.39. The van der Waals surface area contributed by atoms with Gasteiger partial charge in [0.05, 0.1) is 0 Å². The Kier molecular flexibility index (Phi) is 6.63. The van der Waals surface area contributed by atoms with Gasteiger partial charge < -0.3 is 14.8 Å². The van der Waals surface area contributed by atoms with Crippen molar-refractivity contribution >= 4 is 5.91 Å². The minimum Gasteiger partial charge on any atom is -0.481 e. The zero-order valence-electron chi connectivity index (χ0n) is 18.0. The second kappa shape index (κ2) is 9.00. The molecule has 0 aliphatic carbocycles. The van der Waals surface area contributed by atoms with Crippen LogP contribution >= 0.6 is 0 Å². The average Bonchev–Trinajstić information content (AvgIpc) is 2.73. The maximum Gasteiger partial charge on any atom is 0.260 e.